The van der Waals surface area contributed by atoms with E-state index >= 15 is 0 Å². The van der Waals surface area contributed by atoms with Crippen molar-refractivity contribution in [1.82, 2.24) is 15.0 Å². The average Bonchev–Trinajstić information content (AvgIpc) is 3.38. The van der Waals surface area contributed by atoms with Crippen LogP contribution in [-0.4, -0.2) is 89.5 Å². The monoisotopic (exact) mass is 649 g/mol. The van der Waals surface area contributed by atoms with Crippen molar-refractivity contribution < 1.29 is 33.5 Å². The predicted octanol–water partition coefficient (Wildman–Crippen LogP) is 5.50. The minimum atomic E-state index is -0.535. The lowest BCUT2D eigenvalue weighted by Gasteiger charge is -2.35. The van der Waals surface area contributed by atoms with Crippen LogP contribution in [0.15, 0.2) is 53.1 Å². The number of benzene rings is 2. The fraction of sp³-hybridized carbons (Fsp3) is 0.486. The number of likely N-dealkylation sites (N-methyl/N-ethyl adjacent to an activating group) is 1. The van der Waals surface area contributed by atoms with Crippen LogP contribution in [-0.2, 0) is 4.74 Å². The Hall–Kier alpha value is -4.42. The summed E-state index contributed by atoms with van der Waals surface area (Å²) in [5, 5.41) is 19.9. The second kappa shape index (κ2) is 16.4. The predicted molar refractivity (Wildman–Crippen MR) is 179 cm³/mol. The third-order valence-electron chi connectivity index (χ3n) is 8.41. The van der Waals surface area contributed by atoms with Gasteiger partial charge in [-0.3, -0.25) is 9.59 Å². The zero-order chi connectivity index (χ0) is 34.1. The van der Waals surface area contributed by atoms with E-state index in [2.05, 4.69) is 15.8 Å². The van der Waals surface area contributed by atoms with E-state index in [9.17, 15) is 19.5 Å². The highest BCUT2D eigenvalue weighted by Gasteiger charge is 2.31. The summed E-state index contributed by atoms with van der Waals surface area (Å²) in [6, 6.07) is 13.0. The molecule has 3 N–H and O–H groups in total. The first-order valence-electron chi connectivity index (χ1n) is 16.1. The van der Waals surface area contributed by atoms with Crippen molar-refractivity contribution in [1.29, 1.82) is 0 Å². The highest BCUT2D eigenvalue weighted by Crippen LogP contribution is 2.29. The lowest BCUT2D eigenvalue weighted by atomic mass is 10.0. The van der Waals surface area contributed by atoms with Crippen molar-refractivity contribution in [3.63, 3.8) is 0 Å². The fourth-order valence-corrected chi connectivity index (χ4v) is 5.47. The zero-order valence-corrected chi connectivity index (χ0v) is 28.1. The number of aromatic nitrogens is 1. The van der Waals surface area contributed by atoms with E-state index in [4.69, 9.17) is 14.0 Å². The summed E-state index contributed by atoms with van der Waals surface area (Å²) in [5.41, 5.74) is 2.33. The van der Waals surface area contributed by atoms with Gasteiger partial charge in [-0.25, -0.2) is 4.79 Å². The normalized spacial score (nSPS) is 19.9. The summed E-state index contributed by atoms with van der Waals surface area (Å²) in [7, 11) is 1.69. The summed E-state index contributed by atoms with van der Waals surface area (Å²) in [6.07, 6.45) is 1.77. The van der Waals surface area contributed by atoms with Crippen molar-refractivity contribution in [2.24, 2.45) is 5.92 Å². The van der Waals surface area contributed by atoms with E-state index in [-0.39, 0.29) is 55.1 Å². The number of carbonyl (C=O) groups excluding carboxylic acids is 3. The van der Waals surface area contributed by atoms with E-state index < -0.39 is 12.1 Å². The van der Waals surface area contributed by atoms with E-state index in [1.807, 2.05) is 19.9 Å². The van der Waals surface area contributed by atoms with Gasteiger partial charge in [0.15, 0.2) is 5.76 Å². The highest BCUT2D eigenvalue weighted by atomic mass is 16.5. The molecule has 2 heterocycles. The number of nitrogens with one attached hydrogen (secondary N) is 2. The molecule has 3 aromatic rings. The number of fused-ring (bicyclic) bond motifs is 1. The standard InChI is InChI=1S/C35H47N5O7/c1-22-19-40(23(2)21-41)34(43)29-18-28(36-33(42)27-13-8-7-9-14-27)15-16-30(29)46-24(3)12-10-11-17-45-31(22)20-39(6)35(44)37-32-25(4)38-47-26(32)5/h7-9,13-16,18,22-24,31,41H,10-12,17,19-21H2,1-6H3,(H,36,42)(H,37,44)/t22-,23+,24-,31-/m0/s1. The Balaban J connectivity index is 1.60. The molecule has 0 fully saturated rings. The Labute approximate surface area is 276 Å². The minimum Gasteiger partial charge on any atom is -0.490 e. The van der Waals surface area contributed by atoms with Crippen molar-refractivity contribution in [3.05, 3.63) is 71.1 Å². The molecule has 0 spiro atoms. The third kappa shape index (κ3) is 9.32. The van der Waals surface area contributed by atoms with Gasteiger partial charge in [-0.1, -0.05) is 30.3 Å². The Morgan fingerprint density at radius 2 is 1.85 bits per heavy atom. The van der Waals surface area contributed by atoms with Gasteiger partial charge in [-0.15, -0.1) is 0 Å². The molecule has 254 valence electrons. The average molecular weight is 650 g/mol. The molecule has 0 unspecified atom stereocenters. The number of ether oxygens (including phenoxy) is 2. The molecule has 12 nitrogen and oxygen atoms in total. The Morgan fingerprint density at radius 3 is 2.53 bits per heavy atom. The number of hydrogen-bond acceptors (Lipinski definition) is 8. The van der Waals surface area contributed by atoms with Gasteiger partial charge in [-0.2, -0.15) is 0 Å². The molecule has 12 heteroatoms. The van der Waals surface area contributed by atoms with Gasteiger partial charge in [0.2, 0.25) is 0 Å². The van der Waals surface area contributed by atoms with Gasteiger partial charge in [0, 0.05) is 43.9 Å². The third-order valence-corrected chi connectivity index (χ3v) is 8.41. The van der Waals surface area contributed by atoms with Gasteiger partial charge in [-0.05, 0) is 77.3 Å². The van der Waals surface area contributed by atoms with Crippen LogP contribution >= 0.6 is 0 Å². The number of nitrogens with zero attached hydrogens (tertiary/aromatic N) is 3. The second-order valence-corrected chi connectivity index (χ2v) is 12.3. The molecule has 0 saturated carbocycles. The van der Waals surface area contributed by atoms with Gasteiger partial charge >= 0.3 is 6.03 Å². The second-order valence-electron chi connectivity index (χ2n) is 12.3. The fourth-order valence-electron chi connectivity index (χ4n) is 5.47. The molecule has 0 saturated heterocycles. The molecule has 4 rings (SSSR count). The SMILES string of the molecule is Cc1noc(C)c1NC(=O)N(C)C[C@@H]1OCCCC[C@H](C)Oc2ccc(NC(=O)c3ccccc3)cc2C(=O)N([C@H](C)CO)C[C@@H]1C. The van der Waals surface area contributed by atoms with E-state index in [1.54, 1.807) is 80.1 Å². The molecular weight excluding hydrogens is 602 g/mol. The molecule has 1 aliphatic heterocycles. The van der Waals surface area contributed by atoms with Gasteiger partial charge in [0.1, 0.15) is 17.1 Å². The highest BCUT2D eigenvalue weighted by molar-refractivity contribution is 6.05. The van der Waals surface area contributed by atoms with Crippen molar-refractivity contribution >= 4 is 29.2 Å². The number of carbonyl (C=O) groups is 3. The summed E-state index contributed by atoms with van der Waals surface area (Å²) in [5.74, 6) is 0.0416. The van der Waals surface area contributed by atoms with Crippen LogP contribution in [0.5, 0.6) is 5.75 Å². The summed E-state index contributed by atoms with van der Waals surface area (Å²) in [4.78, 5) is 43.6. The quantitative estimate of drug-likeness (QED) is 0.304. The molecule has 1 aliphatic rings. The molecule has 0 radical (unpaired) electrons. The Kier molecular flexibility index (Phi) is 12.4. The largest absolute Gasteiger partial charge is 0.490 e. The first-order valence-corrected chi connectivity index (χ1v) is 16.1. The van der Waals surface area contributed by atoms with Gasteiger partial charge < -0.3 is 39.5 Å². The van der Waals surface area contributed by atoms with Gasteiger partial charge in [0.05, 0.1) is 30.4 Å². The molecule has 1 aromatic heterocycles. The van der Waals surface area contributed by atoms with Crippen molar-refractivity contribution in [2.45, 2.75) is 72.1 Å². The van der Waals surface area contributed by atoms with E-state index in [1.165, 1.54) is 0 Å². The smallest absolute Gasteiger partial charge is 0.321 e. The maximum Gasteiger partial charge on any atom is 0.321 e. The number of aliphatic hydroxyl groups is 1. The first-order chi connectivity index (χ1) is 22.5. The molecule has 4 amide bonds. The zero-order valence-electron chi connectivity index (χ0n) is 28.1. The molecule has 2 aromatic carbocycles. The lowest BCUT2D eigenvalue weighted by Crippen LogP contribution is -2.48. The van der Waals surface area contributed by atoms with Crippen LogP contribution in [0.2, 0.25) is 0 Å². The van der Waals surface area contributed by atoms with E-state index in [0.717, 1.165) is 19.3 Å². The van der Waals surface area contributed by atoms with Crippen LogP contribution in [0.4, 0.5) is 16.2 Å². The number of anilines is 2. The van der Waals surface area contributed by atoms with Gasteiger partial charge in [0.25, 0.3) is 11.8 Å². The number of hydrogen-bond donors (Lipinski definition) is 3. The molecule has 0 aliphatic carbocycles. The minimum absolute atomic E-state index is 0.188. The summed E-state index contributed by atoms with van der Waals surface area (Å²) < 4.78 is 17.8. The van der Waals surface area contributed by atoms with Crippen molar-refractivity contribution in [3.8, 4) is 5.75 Å². The molecule has 47 heavy (non-hydrogen) atoms. The van der Waals surface area contributed by atoms with Crippen molar-refractivity contribution in [2.75, 3.05) is 44.0 Å². The summed E-state index contributed by atoms with van der Waals surface area (Å²) in [6.45, 7) is 9.90. The first kappa shape index (κ1) is 35.4. The Bertz CT molecular complexity index is 1490. The van der Waals surface area contributed by atoms with Crippen LogP contribution in [0.1, 0.15) is 72.2 Å². The molecule has 4 atom stereocenters. The number of urea groups is 1. The topological polar surface area (TPSA) is 146 Å². The number of aryl methyl sites for hydroxylation is 2. The molecular formula is C35H47N5O7. The van der Waals surface area contributed by atoms with Crippen LogP contribution in [0, 0.1) is 19.8 Å². The van der Waals surface area contributed by atoms with Crippen LogP contribution < -0.4 is 15.4 Å². The Morgan fingerprint density at radius 1 is 1.11 bits per heavy atom. The molecule has 0 bridgehead atoms. The van der Waals surface area contributed by atoms with E-state index in [0.29, 0.717) is 40.7 Å². The maximum absolute atomic E-state index is 14.3. The van der Waals surface area contributed by atoms with Crippen LogP contribution in [0.3, 0.4) is 0 Å². The number of aliphatic hydroxyl groups excluding tert-OH is 1. The summed E-state index contributed by atoms with van der Waals surface area (Å²) >= 11 is 0. The lowest BCUT2D eigenvalue weighted by molar-refractivity contribution is -0.0115. The van der Waals surface area contributed by atoms with Crippen LogP contribution in [0.25, 0.3) is 0 Å². The number of amides is 4. The number of rotatable bonds is 7. The maximum atomic E-state index is 14.3.